The summed E-state index contributed by atoms with van der Waals surface area (Å²) in [6.07, 6.45) is 5.63. The number of rotatable bonds is 4. The summed E-state index contributed by atoms with van der Waals surface area (Å²) in [5.41, 5.74) is 8.10. The lowest BCUT2D eigenvalue weighted by Crippen LogP contribution is -2.03. The number of imidazole rings is 1. The van der Waals surface area contributed by atoms with E-state index in [1.807, 2.05) is 24.0 Å². The molecule has 0 radical (unpaired) electrons. The second kappa shape index (κ2) is 4.94. The summed E-state index contributed by atoms with van der Waals surface area (Å²) < 4.78 is 2.05. The number of aromatic nitrogens is 2. The normalized spacial score (nSPS) is 10.6. The molecule has 0 aliphatic heterocycles. The van der Waals surface area contributed by atoms with Crippen molar-refractivity contribution in [3.05, 3.63) is 53.6 Å². The lowest BCUT2D eigenvalue weighted by molar-refractivity contribution is 0.821. The fourth-order valence-electron chi connectivity index (χ4n) is 1.74. The van der Waals surface area contributed by atoms with Gasteiger partial charge in [0.05, 0.1) is 0 Å². The summed E-state index contributed by atoms with van der Waals surface area (Å²) in [4.78, 5) is 4.31. The highest BCUT2D eigenvalue weighted by atomic mass is 15.0. The molecule has 0 saturated heterocycles. The van der Waals surface area contributed by atoms with Gasteiger partial charge in [-0.2, -0.15) is 0 Å². The molecule has 0 bridgehead atoms. The van der Waals surface area contributed by atoms with Crippen molar-refractivity contribution in [2.24, 2.45) is 12.8 Å². The van der Waals surface area contributed by atoms with Crippen LogP contribution in [0.15, 0.2) is 36.7 Å². The first-order chi connectivity index (χ1) is 7.79. The molecule has 2 N–H and O–H groups in total. The Hall–Kier alpha value is -1.61. The van der Waals surface area contributed by atoms with Crippen molar-refractivity contribution in [2.45, 2.75) is 12.8 Å². The molecule has 84 valence electrons. The van der Waals surface area contributed by atoms with Gasteiger partial charge in [-0.3, -0.25) is 0 Å². The van der Waals surface area contributed by atoms with Crippen molar-refractivity contribution in [3.8, 4) is 0 Å². The highest BCUT2D eigenvalue weighted by Gasteiger charge is 2.01. The lowest BCUT2D eigenvalue weighted by atomic mass is 10.1. The Bertz CT molecular complexity index is 442. The smallest absolute Gasteiger partial charge is 0.112 e. The van der Waals surface area contributed by atoms with E-state index in [9.17, 15) is 0 Å². The van der Waals surface area contributed by atoms with Crippen LogP contribution in [-0.4, -0.2) is 16.1 Å². The summed E-state index contributed by atoms with van der Waals surface area (Å²) >= 11 is 0. The predicted molar refractivity (Wildman–Crippen MR) is 65.2 cm³/mol. The number of benzene rings is 1. The Labute approximate surface area is 95.9 Å². The van der Waals surface area contributed by atoms with Gasteiger partial charge in [0.2, 0.25) is 0 Å². The molecule has 1 aromatic carbocycles. The first-order valence-corrected chi connectivity index (χ1v) is 5.53. The van der Waals surface area contributed by atoms with E-state index >= 15 is 0 Å². The average molecular weight is 215 g/mol. The number of aryl methyl sites for hydroxylation is 1. The SMILES string of the molecule is Cn1ccnc1Cc1ccc(CCN)cc1. The van der Waals surface area contributed by atoms with Gasteiger partial charge in [0.15, 0.2) is 0 Å². The van der Waals surface area contributed by atoms with E-state index < -0.39 is 0 Å². The van der Waals surface area contributed by atoms with Gasteiger partial charge in [-0.15, -0.1) is 0 Å². The third-order valence-corrected chi connectivity index (χ3v) is 2.74. The van der Waals surface area contributed by atoms with E-state index in [1.165, 1.54) is 11.1 Å². The molecule has 2 rings (SSSR count). The molecule has 0 unspecified atom stereocenters. The molecule has 0 fully saturated rings. The maximum absolute atomic E-state index is 5.51. The van der Waals surface area contributed by atoms with Crippen LogP contribution in [0.4, 0.5) is 0 Å². The van der Waals surface area contributed by atoms with Crippen LogP contribution in [0.2, 0.25) is 0 Å². The van der Waals surface area contributed by atoms with Crippen molar-refractivity contribution < 1.29 is 0 Å². The zero-order valence-corrected chi connectivity index (χ0v) is 9.56. The minimum absolute atomic E-state index is 0.707. The summed E-state index contributed by atoms with van der Waals surface area (Å²) in [5.74, 6) is 1.09. The Balaban J connectivity index is 2.08. The minimum atomic E-state index is 0.707. The van der Waals surface area contributed by atoms with Crippen LogP contribution in [0, 0.1) is 0 Å². The average Bonchev–Trinajstić information content (AvgIpc) is 2.68. The molecule has 0 spiro atoms. The third kappa shape index (κ3) is 2.49. The van der Waals surface area contributed by atoms with Crippen LogP contribution in [0.3, 0.4) is 0 Å². The van der Waals surface area contributed by atoms with E-state index in [0.717, 1.165) is 18.7 Å². The van der Waals surface area contributed by atoms with Crippen LogP contribution in [0.1, 0.15) is 17.0 Å². The Morgan fingerprint density at radius 3 is 2.44 bits per heavy atom. The highest BCUT2D eigenvalue weighted by molar-refractivity contribution is 5.25. The molecule has 3 heteroatoms. The highest BCUT2D eigenvalue weighted by Crippen LogP contribution is 2.09. The molecule has 0 saturated carbocycles. The first kappa shape index (κ1) is 10.9. The van der Waals surface area contributed by atoms with Crippen LogP contribution in [0.5, 0.6) is 0 Å². The zero-order valence-electron chi connectivity index (χ0n) is 9.56. The van der Waals surface area contributed by atoms with Crippen molar-refractivity contribution in [2.75, 3.05) is 6.54 Å². The molecule has 0 aliphatic rings. The third-order valence-electron chi connectivity index (χ3n) is 2.74. The number of nitrogens with two attached hydrogens (primary N) is 1. The van der Waals surface area contributed by atoms with Gasteiger partial charge in [0, 0.05) is 25.9 Å². The summed E-state index contributed by atoms with van der Waals surface area (Å²) in [7, 11) is 2.02. The van der Waals surface area contributed by atoms with Crippen LogP contribution >= 0.6 is 0 Å². The first-order valence-electron chi connectivity index (χ1n) is 5.53. The van der Waals surface area contributed by atoms with Gasteiger partial charge in [0.25, 0.3) is 0 Å². The van der Waals surface area contributed by atoms with Crippen molar-refractivity contribution in [1.82, 2.24) is 9.55 Å². The van der Waals surface area contributed by atoms with E-state index in [0.29, 0.717) is 6.54 Å². The zero-order chi connectivity index (χ0) is 11.4. The van der Waals surface area contributed by atoms with Crippen LogP contribution in [0.25, 0.3) is 0 Å². The lowest BCUT2D eigenvalue weighted by Gasteiger charge is -2.04. The van der Waals surface area contributed by atoms with Crippen molar-refractivity contribution >= 4 is 0 Å². The second-order valence-corrected chi connectivity index (χ2v) is 3.99. The molecule has 0 aliphatic carbocycles. The van der Waals surface area contributed by atoms with Crippen LogP contribution < -0.4 is 5.73 Å². The van der Waals surface area contributed by atoms with Gasteiger partial charge in [0.1, 0.15) is 5.82 Å². The molecular weight excluding hydrogens is 198 g/mol. The maximum Gasteiger partial charge on any atom is 0.112 e. The van der Waals surface area contributed by atoms with E-state index in [2.05, 4.69) is 29.2 Å². The number of nitrogens with zero attached hydrogens (tertiary/aromatic N) is 2. The Morgan fingerprint density at radius 2 is 1.88 bits per heavy atom. The Morgan fingerprint density at radius 1 is 1.19 bits per heavy atom. The van der Waals surface area contributed by atoms with E-state index in [1.54, 1.807) is 0 Å². The second-order valence-electron chi connectivity index (χ2n) is 3.99. The number of hydrogen-bond donors (Lipinski definition) is 1. The van der Waals surface area contributed by atoms with Gasteiger partial charge in [-0.1, -0.05) is 24.3 Å². The fourth-order valence-corrected chi connectivity index (χ4v) is 1.74. The standard InChI is InChI=1S/C13H17N3/c1-16-9-8-15-13(16)10-12-4-2-11(3-5-12)6-7-14/h2-5,8-9H,6-7,10,14H2,1H3. The minimum Gasteiger partial charge on any atom is -0.338 e. The van der Waals surface area contributed by atoms with Crippen LogP contribution in [-0.2, 0) is 19.9 Å². The molecule has 3 nitrogen and oxygen atoms in total. The molecule has 0 atom stereocenters. The topological polar surface area (TPSA) is 43.8 Å². The summed E-state index contributed by atoms with van der Waals surface area (Å²) in [5, 5.41) is 0. The van der Waals surface area contributed by atoms with Gasteiger partial charge in [-0.25, -0.2) is 4.98 Å². The molecule has 2 aromatic rings. The van der Waals surface area contributed by atoms with E-state index in [-0.39, 0.29) is 0 Å². The largest absolute Gasteiger partial charge is 0.338 e. The quantitative estimate of drug-likeness (QED) is 0.840. The monoisotopic (exact) mass is 215 g/mol. The van der Waals surface area contributed by atoms with Gasteiger partial charge in [-0.05, 0) is 24.1 Å². The van der Waals surface area contributed by atoms with Gasteiger partial charge >= 0.3 is 0 Å². The molecular formula is C13H17N3. The predicted octanol–water partition coefficient (Wildman–Crippen LogP) is 1.51. The van der Waals surface area contributed by atoms with E-state index in [4.69, 9.17) is 5.73 Å². The number of hydrogen-bond acceptors (Lipinski definition) is 2. The molecule has 1 aromatic heterocycles. The molecule has 1 heterocycles. The van der Waals surface area contributed by atoms with Crippen molar-refractivity contribution in [1.29, 1.82) is 0 Å². The fraction of sp³-hybridized carbons (Fsp3) is 0.308. The summed E-state index contributed by atoms with van der Waals surface area (Å²) in [6.45, 7) is 0.707. The van der Waals surface area contributed by atoms with Gasteiger partial charge < -0.3 is 10.3 Å². The molecule has 16 heavy (non-hydrogen) atoms. The van der Waals surface area contributed by atoms with Crippen molar-refractivity contribution in [3.63, 3.8) is 0 Å². The Kier molecular flexibility index (Phi) is 3.37. The maximum atomic E-state index is 5.51. The summed E-state index contributed by atoms with van der Waals surface area (Å²) in [6, 6.07) is 8.59. The molecule has 0 amide bonds.